The van der Waals surface area contributed by atoms with Crippen molar-refractivity contribution in [1.29, 1.82) is 0 Å². The van der Waals surface area contributed by atoms with E-state index in [-0.39, 0.29) is 12.5 Å². The van der Waals surface area contributed by atoms with Crippen molar-refractivity contribution in [1.82, 2.24) is 0 Å². The van der Waals surface area contributed by atoms with Crippen LogP contribution in [0.1, 0.15) is 11.1 Å². The van der Waals surface area contributed by atoms with Gasteiger partial charge in [-0.3, -0.25) is 4.79 Å². The summed E-state index contributed by atoms with van der Waals surface area (Å²) in [6.45, 7) is -0.0527. The second-order valence-electron chi connectivity index (χ2n) is 4.35. The first-order valence-corrected chi connectivity index (χ1v) is 6.22. The van der Waals surface area contributed by atoms with Crippen LogP contribution < -0.4 is 11.1 Å². The number of aliphatic hydroxyl groups excluding tert-OH is 1. The Hall–Kier alpha value is -2.59. The monoisotopic (exact) mass is 268 g/mol. The van der Waals surface area contributed by atoms with Crippen LogP contribution in [0.2, 0.25) is 0 Å². The first-order chi connectivity index (χ1) is 9.67. The minimum atomic E-state index is -0.234. The fourth-order valence-corrected chi connectivity index (χ4v) is 1.77. The molecule has 0 saturated heterocycles. The molecule has 0 spiro atoms. The molecule has 0 fully saturated rings. The molecule has 0 unspecified atom stereocenters. The number of nitrogen functional groups attached to an aromatic ring is 1. The zero-order chi connectivity index (χ0) is 14.4. The molecule has 0 atom stereocenters. The number of anilines is 2. The van der Waals surface area contributed by atoms with Crippen LogP contribution in [0.3, 0.4) is 0 Å². The van der Waals surface area contributed by atoms with Gasteiger partial charge in [0.15, 0.2) is 0 Å². The minimum Gasteiger partial charge on any atom is -0.399 e. The minimum absolute atomic E-state index is 0.0527. The summed E-state index contributed by atoms with van der Waals surface area (Å²) in [5.41, 5.74) is 8.59. The topological polar surface area (TPSA) is 75.4 Å². The fraction of sp³-hybridized carbons (Fsp3) is 0.0625. The van der Waals surface area contributed by atoms with Crippen LogP contribution in [0, 0.1) is 0 Å². The van der Waals surface area contributed by atoms with Crippen LogP contribution >= 0.6 is 0 Å². The molecule has 2 aromatic carbocycles. The molecule has 0 radical (unpaired) electrons. The van der Waals surface area contributed by atoms with Crippen molar-refractivity contribution in [3.05, 3.63) is 65.7 Å². The Morgan fingerprint density at radius 3 is 2.75 bits per heavy atom. The molecule has 102 valence electrons. The highest BCUT2D eigenvalue weighted by Gasteiger charge is 1.99. The highest BCUT2D eigenvalue weighted by molar-refractivity contribution is 6.02. The van der Waals surface area contributed by atoms with Gasteiger partial charge in [0.05, 0.1) is 6.61 Å². The zero-order valence-corrected chi connectivity index (χ0v) is 10.9. The molecule has 1 amide bonds. The summed E-state index contributed by atoms with van der Waals surface area (Å²) in [5, 5.41) is 11.8. The van der Waals surface area contributed by atoms with Gasteiger partial charge in [0, 0.05) is 17.5 Å². The zero-order valence-electron chi connectivity index (χ0n) is 10.9. The highest BCUT2D eigenvalue weighted by atomic mass is 16.3. The van der Waals surface area contributed by atoms with E-state index in [9.17, 15) is 4.79 Å². The second-order valence-corrected chi connectivity index (χ2v) is 4.35. The quantitative estimate of drug-likeness (QED) is 0.589. The summed E-state index contributed by atoms with van der Waals surface area (Å²) in [7, 11) is 0. The molecule has 0 bridgehead atoms. The Labute approximate surface area is 117 Å². The van der Waals surface area contributed by atoms with Gasteiger partial charge >= 0.3 is 0 Å². The molecule has 4 nitrogen and oxygen atoms in total. The Morgan fingerprint density at radius 1 is 1.20 bits per heavy atom. The van der Waals surface area contributed by atoms with Crippen LogP contribution in [0.4, 0.5) is 11.4 Å². The van der Waals surface area contributed by atoms with Crippen molar-refractivity contribution in [2.45, 2.75) is 6.61 Å². The molecule has 4 heteroatoms. The molecule has 2 aromatic rings. The standard InChI is InChI=1S/C16H16N2O2/c17-14-5-1-3-12(9-14)7-8-16(20)18-15-6-2-4-13(10-15)11-19/h1-10,19H,11,17H2,(H,18,20)/b8-7+. The van der Waals surface area contributed by atoms with Crippen LogP contribution in [0.15, 0.2) is 54.6 Å². The fourth-order valence-electron chi connectivity index (χ4n) is 1.77. The van der Waals surface area contributed by atoms with Crippen LogP contribution in [-0.4, -0.2) is 11.0 Å². The summed E-state index contributed by atoms with van der Waals surface area (Å²) in [6.07, 6.45) is 3.14. The van der Waals surface area contributed by atoms with Crippen molar-refractivity contribution in [3.8, 4) is 0 Å². The lowest BCUT2D eigenvalue weighted by Gasteiger charge is -2.03. The maximum absolute atomic E-state index is 11.8. The average Bonchev–Trinajstić information content (AvgIpc) is 2.45. The van der Waals surface area contributed by atoms with Crippen LogP contribution in [-0.2, 0) is 11.4 Å². The third-order valence-corrected chi connectivity index (χ3v) is 2.71. The van der Waals surface area contributed by atoms with Crippen molar-refractivity contribution < 1.29 is 9.90 Å². The summed E-state index contributed by atoms with van der Waals surface area (Å²) >= 11 is 0. The van der Waals surface area contributed by atoms with E-state index in [1.54, 1.807) is 42.5 Å². The van der Waals surface area contributed by atoms with E-state index in [1.807, 2.05) is 12.1 Å². The number of nitrogens with two attached hydrogens (primary N) is 1. The summed E-state index contributed by atoms with van der Waals surface area (Å²) < 4.78 is 0. The molecule has 4 N–H and O–H groups in total. The number of carbonyl (C=O) groups excluding carboxylic acids is 1. The van der Waals surface area contributed by atoms with Crippen molar-refractivity contribution in [2.24, 2.45) is 0 Å². The first-order valence-electron chi connectivity index (χ1n) is 6.22. The van der Waals surface area contributed by atoms with Gasteiger partial charge in [-0.15, -0.1) is 0 Å². The number of amides is 1. The van der Waals surface area contributed by atoms with E-state index in [0.29, 0.717) is 11.4 Å². The lowest BCUT2D eigenvalue weighted by Crippen LogP contribution is -2.07. The number of nitrogens with one attached hydrogen (secondary N) is 1. The Morgan fingerprint density at radius 2 is 2.00 bits per heavy atom. The summed E-state index contributed by atoms with van der Waals surface area (Å²) in [4.78, 5) is 11.8. The lowest BCUT2D eigenvalue weighted by molar-refractivity contribution is -0.111. The first kappa shape index (κ1) is 13.8. The molecular weight excluding hydrogens is 252 g/mol. The lowest BCUT2D eigenvalue weighted by atomic mass is 10.2. The number of rotatable bonds is 4. The van der Waals surface area contributed by atoms with Crippen LogP contribution in [0.5, 0.6) is 0 Å². The Balaban J connectivity index is 2.01. The van der Waals surface area contributed by atoms with Gasteiger partial charge in [0.1, 0.15) is 0 Å². The van der Waals surface area contributed by atoms with Gasteiger partial charge in [-0.25, -0.2) is 0 Å². The van der Waals surface area contributed by atoms with E-state index < -0.39 is 0 Å². The molecule has 0 aliphatic rings. The number of aliphatic hydroxyl groups is 1. The van der Waals surface area contributed by atoms with E-state index >= 15 is 0 Å². The van der Waals surface area contributed by atoms with E-state index in [4.69, 9.17) is 10.8 Å². The third kappa shape index (κ3) is 3.96. The smallest absolute Gasteiger partial charge is 0.248 e. The molecule has 0 aliphatic heterocycles. The molecule has 0 saturated carbocycles. The predicted molar refractivity (Wildman–Crippen MR) is 80.9 cm³/mol. The van der Waals surface area contributed by atoms with Crippen LogP contribution in [0.25, 0.3) is 6.08 Å². The molecule has 2 rings (SSSR count). The Bertz CT molecular complexity index is 636. The number of hydrogen-bond donors (Lipinski definition) is 3. The largest absolute Gasteiger partial charge is 0.399 e. The van der Waals surface area contributed by atoms with Gasteiger partial charge in [-0.05, 0) is 41.5 Å². The maximum atomic E-state index is 11.8. The Kier molecular flexibility index (Phi) is 4.52. The number of hydrogen-bond acceptors (Lipinski definition) is 3. The SMILES string of the molecule is Nc1cccc(/C=C/C(=O)Nc2cccc(CO)c2)c1. The van der Waals surface area contributed by atoms with Crippen molar-refractivity contribution in [2.75, 3.05) is 11.1 Å². The molecule has 0 aliphatic carbocycles. The third-order valence-electron chi connectivity index (χ3n) is 2.71. The van der Waals surface area contributed by atoms with Gasteiger partial charge in [0.2, 0.25) is 5.91 Å². The van der Waals surface area contributed by atoms with Gasteiger partial charge in [-0.2, -0.15) is 0 Å². The van der Waals surface area contributed by atoms with Gasteiger partial charge in [-0.1, -0.05) is 24.3 Å². The molecule has 0 aromatic heterocycles. The summed E-state index contributed by atoms with van der Waals surface area (Å²) in [6, 6.07) is 14.3. The van der Waals surface area contributed by atoms with E-state index in [2.05, 4.69) is 5.32 Å². The average molecular weight is 268 g/mol. The highest BCUT2D eigenvalue weighted by Crippen LogP contribution is 2.11. The van der Waals surface area contributed by atoms with Crippen molar-refractivity contribution in [3.63, 3.8) is 0 Å². The van der Waals surface area contributed by atoms with Gasteiger partial charge < -0.3 is 16.2 Å². The van der Waals surface area contributed by atoms with E-state index in [0.717, 1.165) is 11.1 Å². The molecule has 20 heavy (non-hydrogen) atoms. The molecular formula is C16H16N2O2. The summed E-state index contributed by atoms with van der Waals surface area (Å²) in [5.74, 6) is -0.234. The van der Waals surface area contributed by atoms with Gasteiger partial charge in [0.25, 0.3) is 0 Å². The molecule has 0 heterocycles. The van der Waals surface area contributed by atoms with E-state index in [1.165, 1.54) is 6.08 Å². The predicted octanol–water partition coefficient (Wildman–Crippen LogP) is 2.41. The normalized spacial score (nSPS) is 10.7. The number of benzene rings is 2. The second kappa shape index (κ2) is 6.54. The maximum Gasteiger partial charge on any atom is 0.248 e. The number of carbonyl (C=O) groups is 1. The van der Waals surface area contributed by atoms with Crippen molar-refractivity contribution >= 4 is 23.4 Å².